The third-order valence-electron chi connectivity index (χ3n) is 4.67. The lowest BCUT2D eigenvalue weighted by Crippen LogP contribution is -2.10. The molecule has 30 heavy (non-hydrogen) atoms. The first-order valence-electron chi connectivity index (χ1n) is 8.81. The van der Waals surface area contributed by atoms with Crippen LogP contribution in [0.1, 0.15) is 22.9 Å². The first kappa shape index (κ1) is 20.6. The molecular formula is C22H13Cl2F3N2O. The van der Waals surface area contributed by atoms with Gasteiger partial charge in [-0.25, -0.2) is 4.98 Å². The van der Waals surface area contributed by atoms with Gasteiger partial charge in [-0.05, 0) is 41.0 Å². The largest absolute Gasteiger partial charge is 0.433 e. The van der Waals surface area contributed by atoms with E-state index in [2.05, 4.69) is 9.97 Å². The van der Waals surface area contributed by atoms with E-state index >= 15 is 0 Å². The minimum Gasteiger partial charge on any atom is -0.384 e. The van der Waals surface area contributed by atoms with Crippen molar-refractivity contribution in [2.75, 3.05) is 0 Å². The van der Waals surface area contributed by atoms with E-state index in [9.17, 15) is 18.3 Å². The summed E-state index contributed by atoms with van der Waals surface area (Å²) in [5, 5.41) is 11.8. The van der Waals surface area contributed by atoms with Gasteiger partial charge >= 0.3 is 6.18 Å². The van der Waals surface area contributed by atoms with Crippen LogP contribution in [0.3, 0.4) is 0 Å². The fraction of sp³-hybridized carbons (Fsp3) is 0.0909. The number of pyridine rings is 2. The lowest BCUT2D eigenvalue weighted by molar-refractivity contribution is -0.141. The van der Waals surface area contributed by atoms with Crippen molar-refractivity contribution in [2.45, 2.75) is 12.3 Å². The molecule has 4 aromatic rings. The maximum absolute atomic E-state index is 13.0. The van der Waals surface area contributed by atoms with Gasteiger partial charge in [0.05, 0.1) is 10.5 Å². The number of hydrogen-bond acceptors (Lipinski definition) is 3. The summed E-state index contributed by atoms with van der Waals surface area (Å²) in [6.07, 6.45) is -4.89. The van der Waals surface area contributed by atoms with E-state index in [1.165, 1.54) is 6.07 Å². The van der Waals surface area contributed by atoms with Crippen LogP contribution in [-0.2, 0) is 6.18 Å². The van der Waals surface area contributed by atoms with Crippen molar-refractivity contribution < 1.29 is 18.3 Å². The number of alkyl halides is 3. The topological polar surface area (TPSA) is 46.0 Å². The Balaban J connectivity index is 1.82. The highest BCUT2D eigenvalue weighted by molar-refractivity contribution is 6.42. The lowest BCUT2D eigenvalue weighted by atomic mass is 9.98. The van der Waals surface area contributed by atoms with Crippen LogP contribution in [0.4, 0.5) is 13.2 Å². The Morgan fingerprint density at radius 3 is 2.30 bits per heavy atom. The van der Waals surface area contributed by atoms with Crippen molar-refractivity contribution in [3.8, 4) is 11.1 Å². The number of halogens is 5. The molecule has 4 rings (SSSR count). The molecule has 0 saturated heterocycles. The van der Waals surface area contributed by atoms with Crippen LogP contribution < -0.4 is 0 Å². The predicted octanol–water partition coefficient (Wildman–Crippen LogP) is 6.70. The molecule has 2 aromatic heterocycles. The summed E-state index contributed by atoms with van der Waals surface area (Å²) in [7, 11) is 0. The lowest BCUT2D eigenvalue weighted by Gasteiger charge is -2.15. The maximum atomic E-state index is 13.0. The number of aliphatic hydroxyl groups is 1. The van der Waals surface area contributed by atoms with Gasteiger partial charge in [-0.2, -0.15) is 13.2 Å². The van der Waals surface area contributed by atoms with E-state index in [0.717, 1.165) is 17.8 Å². The summed E-state index contributed by atoms with van der Waals surface area (Å²) in [5.74, 6) is 0. The molecule has 0 spiro atoms. The molecule has 0 bridgehead atoms. The molecule has 0 fully saturated rings. The second-order valence-electron chi connectivity index (χ2n) is 6.61. The Morgan fingerprint density at radius 1 is 0.900 bits per heavy atom. The standard InChI is InChI=1S/C22H13Cl2F3N2O/c23-19-15-10-13(20(30)14-8-9-28-17(11-14)22(25,26)27)6-7-16(15)29-21(24)18(19)12-4-2-1-3-5-12/h1-11,20,30H. The van der Waals surface area contributed by atoms with E-state index in [4.69, 9.17) is 23.2 Å². The van der Waals surface area contributed by atoms with E-state index in [1.54, 1.807) is 18.2 Å². The Morgan fingerprint density at radius 2 is 1.60 bits per heavy atom. The van der Waals surface area contributed by atoms with Gasteiger partial charge in [-0.1, -0.05) is 59.6 Å². The molecular weight excluding hydrogens is 436 g/mol. The quantitative estimate of drug-likeness (QED) is 0.354. The molecule has 8 heteroatoms. The van der Waals surface area contributed by atoms with Crippen molar-refractivity contribution in [2.24, 2.45) is 0 Å². The summed E-state index contributed by atoms with van der Waals surface area (Å²) in [4.78, 5) is 7.70. The second-order valence-corrected chi connectivity index (χ2v) is 7.34. The highest BCUT2D eigenvalue weighted by atomic mass is 35.5. The minimum atomic E-state index is -4.60. The predicted molar refractivity (Wildman–Crippen MR) is 110 cm³/mol. The van der Waals surface area contributed by atoms with Crippen molar-refractivity contribution >= 4 is 34.1 Å². The van der Waals surface area contributed by atoms with Gasteiger partial charge in [0, 0.05) is 17.1 Å². The molecule has 3 nitrogen and oxygen atoms in total. The van der Waals surface area contributed by atoms with E-state index in [-0.39, 0.29) is 10.7 Å². The van der Waals surface area contributed by atoms with Gasteiger partial charge in [0.25, 0.3) is 0 Å². The minimum absolute atomic E-state index is 0.0676. The molecule has 0 radical (unpaired) electrons. The normalized spacial score (nSPS) is 12.9. The van der Waals surface area contributed by atoms with Crippen LogP contribution in [0.15, 0.2) is 66.9 Å². The Labute approximate surface area is 179 Å². The van der Waals surface area contributed by atoms with Gasteiger partial charge < -0.3 is 5.11 Å². The smallest absolute Gasteiger partial charge is 0.384 e. The first-order valence-corrected chi connectivity index (χ1v) is 9.56. The first-order chi connectivity index (χ1) is 14.3. The number of rotatable bonds is 3. The summed E-state index contributed by atoms with van der Waals surface area (Å²) in [6.45, 7) is 0. The molecule has 1 unspecified atom stereocenters. The molecule has 0 saturated carbocycles. The second kappa shape index (κ2) is 7.87. The van der Waals surface area contributed by atoms with Crippen LogP contribution in [0.2, 0.25) is 10.2 Å². The zero-order valence-electron chi connectivity index (χ0n) is 15.2. The van der Waals surface area contributed by atoms with Crippen molar-refractivity contribution in [1.29, 1.82) is 0 Å². The summed E-state index contributed by atoms with van der Waals surface area (Å²) in [5.41, 5.74) is 1.19. The fourth-order valence-corrected chi connectivity index (χ4v) is 3.89. The maximum Gasteiger partial charge on any atom is 0.433 e. The number of benzene rings is 2. The molecule has 2 heterocycles. The number of fused-ring (bicyclic) bond motifs is 1. The zero-order valence-corrected chi connectivity index (χ0v) is 16.7. The number of aliphatic hydroxyl groups excluding tert-OH is 1. The summed E-state index contributed by atoms with van der Waals surface area (Å²) in [6, 6.07) is 16.2. The average Bonchev–Trinajstić information content (AvgIpc) is 2.73. The van der Waals surface area contributed by atoms with Gasteiger partial charge in [-0.15, -0.1) is 0 Å². The number of aromatic nitrogens is 2. The molecule has 152 valence electrons. The van der Waals surface area contributed by atoms with E-state index in [1.807, 2.05) is 30.3 Å². The number of hydrogen-bond donors (Lipinski definition) is 1. The summed E-state index contributed by atoms with van der Waals surface area (Å²) >= 11 is 13.0. The molecule has 1 atom stereocenters. The molecule has 0 aliphatic carbocycles. The average molecular weight is 449 g/mol. The third kappa shape index (κ3) is 3.86. The Bertz CT molecular complexity index is 1230. The molecule has 0 amide bonds. The highest BCUT2D eigenvalue weighted by Crippen LogP contribution is 2.39. The van der Waals surface area contributed by atoms with Crippen molar-refractivity contribution in [3.05, 3.63) is 93.9 Å². The monoisotopic (exact) mass is 448 g/mol. The van der Waals surface area contributed by atoms with Crippen LogP contribution in [0.5, 0.6) is 0 Å². The number of nitrogens with zero attached hydrogens (tertiary/aromatic N) is 2. The van der Waals surface area contributed by atoms with Crippen LogP contribution in [0.25, 0.3) is 22.0 Å². The van der Waals surface area contributed by atoms with Gasteiger partial charge in [-0.3, -0.25) is 4.98 Å². The summed E-state index contributed by atoms with van der Waals surface area (Å²) < 4.78 is 38.9. The molecule has 1 N–H and O–H groups in total. The Kier molecular flexibility index (Phi) is 5.40. The molecule has 0 aliphatic rings. The zero-order chi connectivity index (χ0) is 21.5. The third-order valence-corrected chi connectivity index (χ3v) is 5.34. The van der Waals surface area contributed by atoms with Crippen LogP contribution >= 0.6 is 23.2 Å². The Hall–Kier alpha value is -2.67. The van der Waals surface area contributed by atoms with Gasteiger partial charge in [0.2, 0.25) is 0 Å². The van der Waals surface area contributed by atoms with E-state index in [0.29, 0.717) is 27.1 Å². The highest BCUT2D eigenvalue weighted by Gasteiger charge is 2.33. The van der Waals surface area contributed by atoms with Gasteiger partial charge in [0.15, 0.2) is 0 Å². The van der Waals surface area contributed by atoms with Gasteiger partial charge in [0.1, 0.15) is 17.0 Å². The SMILES string of the molecule is OC(c1ccnc(C(F)(F)F)c1)c1ccc2nc(Cl)c(-c3ccccc3)c(Cl)c2c1. The fourth-order valence-electron chi connectivity index (χ4n) is 3.20. The molecule has 0 aliphatic heterocycles. The van der Waals surface area contributed by atoms with Crippen LogP contribution in [0, 0.1) is 0 Å². The van der Waals surface area contributed by atoms with E-state index < -0.39 is 18.0 Å². The van der Waals surface area contributed by atoms with Crippen molar-refractivity contribution in [3.63, 3.8) is 0 Å². The van der Waals surface area contributed by atoms with Crippen LogP contribution in [-0.4, -0.2) is 15.1 Å². The van der Waals surface area contributed by atoms with Crippen molar-refractivity contribution in [1.82, 2.24) is 9.97 Å². The molecule has 2 aromatic carbocycles.